The number of amides is 1. The molecule has 4 bridgehead atoms. The highest BCUT2D eigenvalue weighted by atomic mass is 16.2. The molecule has 1 amide bonds. The molecule has 5 fully saturated rings. The van der Waals surface area contributed by atoms with Gasteiger partial charge in [0, 0.05) is 30.2 Å². The lowest BCUT2D eigenvalue weighted by atomic mass is 9.65. The van der Waals surface area contributed by atoms with Gasteiger partial charge in [-0.15, -0.1) is 0 Å². The second kappa shape index (κ2) is 7.49. The van der Waals surface area contributed by atoms with E-state index in [-0.39, 0.29) is 22.9 Å². The minimum Gasteiger partial charge on any atom is -0.326 e. The lowest BCUT2D eigenvalue weighted by Crippen LogP contribution is -2.53. The van der Waals surface area contributed by atoms with Crippen molar-refractivity contribution in [3.63, 3.8) is 0 Å². The summed E-state index contributed by atoms with van der Waals surface area (Å²) in [5, 5.41) is 13.2. The molecule has 5 heteroatoms. The third-order valence-corrected chi connectivity index (χ3v) is 9.21. The fourth-order valence-electron chi connectivity index (χ4n) is 7.74. The standard InChI is InChI=1S/C27H32N4O/c28-17-24-6-4-14-31(24)25(32)18-29-27-16-22-15-21(27)5-3-11-26(22,19-27)20-7-9-23(10-8-20)30-12-1-2-13-30/h1-2,7-10,12-13,21-22,24,29H,3-6,11,14-16,18-19H2/t21?,22?,24-,26?,27?/m0/s1. The van der Waals surface area contributed by atoms with Crippen LogP contribution in [-0.2, 0) is 10.2 Å². The van der Waals surface area contributed by atoms with E-state index >= 15 is 0 Å². The Morgan fingerprint density at radius 2 is 1.94 bits per heavy atom. The fraction of sp³-hybridized carbons (Fsp3) is 0.556. The average molecular weight is 429 g/mol. The Morgan fingerprint density at radius 1 is 1.12 bits per heavy atom. The number of hydrogen-bond acceptors (Lipinski definition) is 3. The summed E-state index contributed by atoms with van der Waals surface area (Å²) in [6.07, 6.45) is 13.4. The molecule has 5 aliphatic rings. The molecule has 5 atom stereocenters. The summed E-state index contributed by atoms with van der Waals surface area (Å²) in [7, 11) is 0. The Kier molecular flexibility index (Phi) is 4.69. The molecule has 2 heterocycles. The Hall–Kier alpha value is -2.58. The van der Waals surface area contributed by atoms with E-state index in [1.165, 1.54) is 43.4 Å². The summed E-state index contributed by atoms with van der Waals surface area (Å²) in [5.41, 5.74) is 3.01. The number of nitriles is 1. The Balaban J connectivity index is 1.23. The number of carbonyl (C=O) groups excluding carboxylic acids is 1. The molecular formula is C27H32N4O. The van der Waals surface area contributed by atoms with Crippen LogP contribution in [-0.4, -0.2) is 40.0 Å². The number of nitrogens with zero attached hydrogens (tertiary/aromatic N) is 3. The highest BCUT2D eigenvalue weighted by Crippen LogP contribution is 2.66. The van der Waals surface area contributed by atoms with E-state index in [0.29, 0.717) is 18.4 Å². The summed E-state index contributed by atoms with van der Waals surface area (Å²) in [6.45, 7) is 1.11. The van der Waals surface area contributed by atoms with E-state index in [1.807, 2.05) is 0 Å². The van der Waals surface area contributed by atoms with Gasteiger partial charge in [0.05, 0.1) is 12.6 Å². The first-order valence-electron chi connectivity index (χ1n) is 12.3. The van der Waals surface area contributed by atoms with Gasteiger partial charge in [-0.1, -0.05) is 18.6 Å². The molecule has 2 aromatic rings. The van der Waals surface area contributed by atoms with Crippen LogP contribution in [0.1, 0.15) is 56.9 Å². The van der Waals surface area contributed by atoms with Gasteiger partial charge in [-0.2, -0.15) is 5.26 Å². The maximum absolute atomic E-state index is 12.9. The van der Waals surface area contributed by atoms with Crippen LogP contribution in [0.4, 0.5) is 0 Å². The van der Waals surface area contributed by atoms with Crippen LogP contribution in [0.25, 0.3) is 5.69 Å². The molecule has 0 radical (unpaired) electrons. The molecule has 1 saturated heterocycles. The van der Waals surface area contributed by atoms with Crippen LogP contribution in [0.2, 0.25) is 0 Å². The molecule has 1 N–H and O–H groups in total. The van der Waals surface area contributed by atoms with Crippen LogP contribution in [0, 0.1) is 23.2 Å². The van der Waals surface area contributed by atoms with E-state index < -0.39 is 0 Å². The molecule has 4 saturated carbocycles. The van der Waals surface area contributed by atoms with E-state index in [0.717, 1.165) is 25.8 Å². The molecule has 0 spiro atoms. The smallest absolute Gasteiger partial charge is 0.237 e. The van der Waals surface area contributed by atoms with Crippen molar-refractivity contribution in [2.75, 3.05) is 13.1 Å². The topological polar surface area (TPSA) is 61.1 Å². The summed E-state index contributed by atoms with van der Waals surface area (Å²) < 4.78 is 2.16. The quantitative estimate of drug-likeness (QED) is 0.777. The largest absolute Gasteiger partial charge is 0.326 e. The van der Waals surface area contributed by atoms with Crippen molar-refractivity contribution in [2.45, 2.75) is 68.4 Å². The van der Waals surface area contributed by atoms with Crippen molar-refractivity contribution in [3.05, 3.63) is 54.4 Å². The number of rotatable bonds is 5. The van der Waals surface area contributed by atoms with Gasteiger partial charge >= 0.3 is 0 Å². The van der Waals surface area contributed by atoms with Gasteiger partial charge in [-0.05, 0) is 92.0 Å². The van der Waals surface area contributed by atoms with Gasteiger partial charge < -0.3 is 14.8 Å². The number of aromatic nitrogens is 1. The number of hydrogen-bond donors (Lipinski definition) is 1. The van der Waals surface area contributed by atoms with Crippen LogP contribution in [0.3, 0.4) is 0 Å². The first-order chi connectivity index (χ1) is 15.6. The Labute approximate surface area is 190 Å². The molecule has 32 heavy (non-hydrogen) atoms. The zero-order chi connectivity index (χ0) is 21.8. The zero-order valence-corrected chi connectivity index (χ0v) is 18.7. The van der Waals surface area contributed by atoms with Crippen LogP contribution >= 0.6 is 0 Å². The van der Waals surface area contributed by atoms with Crippen molar-refractivity contribution < 1.29 is 4.79 Å². The normalized spacial score (nSPS) is 35.2. The molecule has 4 unspecified atom stereocenters. The third kappa shape index (κ3) is 2.96. The second-order valence-corrected chi connectivity index (χ2v) is 10.6. The maximum Gasteiger partial charge on any atom is 0.237 e. The zero-order valence-electron chi connectivity index (χ0n) is 18.7. The second-order valence-electron chi connectivity index (χ2n) is 10.6. The van der Waals surface area contributed by atoms with Gasteiger partial charge in [0.15, 0.2) is 0 Å². The molecule has 166 valence electrons. The SMILES string of the molecule is N#C[C@@H]1CCCN1C(=O)CNC12CC3CC1CCCC3(c1ccc(-n3cccc3)cc1)C2. The van der Waals surface area contributed by atoms with Crippen molar-refractivity contribution in [1.29, 1.82) is 5.26 Å². The van der Waals surface area contributed by atoms with Gasteiger partial charge in [0.1, 0.15) is 6.04 Å². The van der Waals surface area contributed by atoms with Crippen LogP contribution in [0.5, 0.6) is 0 Å². The van der Waals surface area contributed by atoms with Crippen molar-refractivity contribution in [3.8, 4) is 11.8 Å². The minimum absolute atomic E-state index is 0.0811. The summed E-state index contributed by atoms with van der Waals surface area (Å²) in [6, 6.07) is 15.4. The predicted octanol–water partition coefficient (Wildman–Crippen LogP) is 4.17. The number of nitrogens with one attached hydrogen (secondary N) is 1. The first kappa shape index (κ1) is 20.1. The molecule has 1 aromatic heterocycles. The highest BCUT2D eigenvalue weighted by molar-refractivity contribution is 5.79. The number of carbonyl (C=O) groups is 1. The molecule has 1 aliphatic heterocycles. The summed E-state index contributed by atoms with van der Waals surface area (Å²) >= 11 is 0. The Morgan fingerprint density at radius 3 is 2.72 bits per heavy atom. The monoisotopic (exact) mass is 428 g/mol. The van der Waals surface area contributed by atoms with E-state index in [9.17, 15) is 10.1 Å². The summed E-state index contributed by atoms with van der Waals surface area (Å²) in [5.74, 6) is 1.49. The fourth-order valence-corrected chi connectivity index (χ4v) is 7.74. The molecular weight excluding hydrogens is 396 g/mol. The highest BCUT2D eigenvalue weighted by Gasteiger charge is 2.64. The van der Waals surface area contributed by atoms with Crippen molar-refractivity contribution in [2.24, 2.45) is 11.8 Å². The van der Waals surface area contributed by atoms with Gasteiger partial charge in [-0.25, -0.2) is 0 Å². The summed E-state index contributed by atoms with van der Waals surface area (Å²) in [4.78, 5) is 14.7. The predicted molar refractivity (Wildman–Crippen MR) is 123 cm³/mol. The van der Waals surface area contributed by atoms with Gasteiger partial charge in [0.25, 0.3) is 0 Å². The third-order valence-electron chi connectivity index (χ3n) is 9.21. The van der Waals surface area contributed by atoms with Gasteiger partial charge in [-0.3, -0.25) is 4.79 Å². The van der Waals surface area contributed by atoms with Crippen molar-refractivity contribution in [1.82, 2.24) is 14.8 Å². The molecule has 1 aromatic carbocycles. The first-order valence-corrected chi connectivity index (χ1v) is 12.3. The number of likely N-dealkylation sites (tertiary alicyclic amines) is 1. The van der Waals surface area contributed by atoms with E-state index in [4.69, 9.17) is 0 Å². The van der Waals surface area contributed by atoms with Crippen molar-refractivity contribution >= 4 is 5.91 Å². The lowest BCUT2D eigenvalue weighted by Gasteiger charge is -2.42. The maximum atomic E-state index is 12.9. The van der Waals surface area contributed by atoms with Gasteiger partial charge in [0.2, 0.25) is 5.91 Å². The molecule has 7 rings (SSSR count). The Bertz CT molecular complexity index is 1040. The van der Waals surface area contributed by atoms with E-state index in [2.05, 4.69) is 64.7 Å². The average Bonchev–Trinajstić information content (AvgIpc) is 3.59. The van der Waals surface area contributed by atoms with Crippen LogP contribution in [0.15, 0.2) is 48.8 Å². The molecule has 5 nitrogen and oxygen atoms in total. The van der Waals surface area contributed by atoms with E-state index in [1.54, 1.807) is 4.90 Å². The van der Waals surface area contributed by atoms with Crippen LogP contribution < -0.4 is 5.32 Å². The number of benzene rings is 1. The molecule has 4 aliphatic carbocycles. The minimum atomic E-state index is -0.230. The lowest BCUT2D eigenvalue weighted by molar-refractivity contribution is -0.130. The number of fused-ring (bicyclic) bond motifs is 2.